The minimum Gasteiger partial charge on any atom is -0.465 e. The minimum absolute atomic E-state index is 0.0994. The summed E-state index contributed by atoms with van der Waals surface area (Å²) in [6, 6.07) is 7.60. The van der Waals surface area contributed by atoms with E-state index in [1.54, 1.807) is 30.3 Å². The van der Waals surface area contributed by atoms with Crippen LogP contribution in [0.25, 0.3) is 0 Å². The summed E-state index contributed by atoms with van der Waals surface area (Å²) in [7, 11) is 0. The maximum absolute atomic E-state index is 12.0. The first-order chi connectivity index (χ1) is 8.99. The van der Waals surface area contributed by atoms with Crippen LogP contribution in [0.1, 0.15) is 5.56 Å². The van der Waals surface area contributed by atoms with E-state index in [1.807, 2.05) is 10.6 Å². The number of carbonyl (C=O) groups excluding carboxylic acids is 1. The average Bonchev–Trinajstić information content (AvgIpc) is 2.36. The topological polar surface area (TPSA) is 78.4 Å². The first-order valence-electron chi connectivity index (χ1n) is 5.58. The number of amides is 2. The number of rotatable bonds is 6. The van der Waals surface area contributed by atoms with Gasteiger partial charge in [-0.1, -0.05) is 30.3 Å². The van der Waals surface area contributed by atoms with E-state index in [4.69, 9.17) is 5.11 Å². The summed E-state index contributed by atoms with van der Waals surface area (Å²) in [5.74, 6) is -0.772. The van der Waals surface area contributed by atoms with Crippen LogP contribution >= 0.6 is 0 Å². The largest absolute Gasteiger partial charge is 0.465 e. The van der Waals surface area contributed by atoms with E-state index in [0.29, 0.717) is 0 Å². The summed E-state index contributed by atoms with van der Waals surface area (Å²) in [6.45, 7) is -0.800. The monoisotopic (exact) mass is 272 g/mol. The number of benzene rings is 1. The Morgan fingerprint density at radius 1 is 1.21 bits per heavy atom. The quantitative estimate of drug-likeness (QED) is 0.729. The van der Waals surface area contributed by atoms with Crippen LogP contribution in [-0.4, -0.2) is 36.1 Å². The van der Waals surface area contributed by atoms with Crippen LogP contribution in [0.3, 0.4) is 0 Å². The molecule has 0 bridgehead atoms. The Kier molecular flexibility index (Phi) is 5.72. The summed E-state index contributed by atoms with van der Waals surface area (Å²) in [4.78, 5) is 22.2. The smallest absolute Gasteiger partial charge is 0.405 e. The van der Waals surface area contributed by atoms with Crippen molar-refractivity contribution in [2.75, 3.05) is 6.54 Å². The van der Waals surface area contributed by atoms with E-state index in [1.165, 1.54) is 0 Å². The van der Waals surface area contributed by atoms with Crippen molar-refractivity contribution in [3.05, 3.63) is 35.9 Å². The minimum atomic E-state index is -2.67. The Hall–Kier alpha value is -2.18. The van der Waals surface area contributed by atoms with Gasteiger partial charge in [0, 0.05) is 6.42 Å². The van der Waals surface area contributed by atoms with Crippen LogP contribution in [0.2, 0.25) is 0 Å². The van der Waals surface area contributed by atoms with Crippen molar-refractivity contribution >= 4 is 12.0 Å². The maximum Gasteiger partial charge on any atom is 0.405 e. The molecule has 3 N–H and O–H groups in total. The van der Waals surface area contributed by atoms with Crippen LogP contribution in [0.4, 0.5) is 13.6 Å². The standard InChI is InChI=1S/C12H14F2N2O3/c13-10(14)7-15-11(17)9(16-12(18)19)6-8-4-2-1-3-5-8/h1-5,9-10,16H,6-7H2,(H,15,17)(H,18,19)/t9-/m0/s1. The van der Waals surface area contributed by atoms with Crippen molar-refractivity contribution < 1.29 is 23.5 Å². The molecule has 0 unspecified atom stereocenters. The summed E-state index contributed by atoms with van der Waals surface area (Å²) < 4.78 is 24.0. The molecule has 5 nitrogen and oxygen atoms in total. The van der Waals surface area contributed by atoms with E-state index in [-0.39, 0.29) is 6.42 Å². The zero-order chi connectivity index (χ0) is 14.3. The van der Waals surface area contributed by atoms with Gasteiger partial charge in [-0.2, -0.15) is 0 Å². The number of carboxylic acid groups (broad SMARTS) is 1. The fourth-order valence-corrected chi connectivity index (χ4v) is 1.51. The Morgan fingerprint density at radius 2 is 1.84 bits per heavy atom. The molecule has 0 aliphatic carbocycles. The van der Waals surface area contributed by atoms with E-state index in [9.17, 15) is 18.4 Å². The van der Waals surface area contributed by atoms with Gasteiger partial charge in [0.1, 0.15) is 6.04 Å². The molecule has 0 aliphatic rings. The normalized spacial score (nSPS) is 11.9. The molecule has 0 fully saturated rings. The first kappa shape index (κ1) is 14.9. The molecule has 1 aromatic carbocycles. The van der Waals surface area contributed by atoms with Crippen molar-refractivity contribution in [1.29, 1.82) is 0 Å². The molecule has 0 heterocycles. The predicted molar refractivity (Wildman–Crippen MR) is 64.1 cm³/mol. The fraction of sp³-hybridized carbons (Fsp3) is 0.333. The average molecular weight is 272 g/mol. The lowest BCUT2D eigenvalue weighted by Gasteiger charge is -2.16. The maximum atomic E-state index is 12.0. The predicted octanol–water partition coefficient (Wildman–Crippen LogP) is 1.25. The third-order valence-electron chi connectivity index (χ3n) is 2.33. The second-order valence-corrected chi connectivity index (χ2v) is 3.83. The van der Waals surface area contributed by atoms with E-state index in [0.717, 1.165) is 5.56 Å². The van der Waals surface area contributed by atoms with Gasteiger partial charge in [-0.3, -0.25) is 4.79 Å². The third kappa shape index (κ3) is 5.80. The van der Waals surface area contributed by atoms with Gasteiger partial charge >= 0.3 is 6.09 Å². The summed E-state index contributed by atoms with van der Waals surface area (Å²) in [6.07, 6.45) is -3.96. The molecule has 0 aliphatic heterocycles. The first-order valence-corrected chi connectivity index (χ1v) is 5.58. The Balaban J connectivity index is 2.66. The van der Waals surface area contributed by atoms with Crippen LogP contribution in [0.15, 0.2) is 30.3 Å². The molecule has 1 atom stereocenters. The molecule has 0 saturated carbocycles. The van der Waals surface area contributed by atoms with Crippen LogP contribution in [0.5, 0.6) is 0 Å². The van der Waals surface area contributed by atoms with Gasteiger partial charge in [0.05, 0.1) is 6.54 Å². The van der Waals surface area contributed by atoms with Gasteiger partial charge in [0.2, 0.25) is 5.91 Å². The van der Waals surface area contributed by atoms with Gasteiger partial charge in [0.15, 0.2) is 0 Å². The summed E-state index contributed by atoms with van der Waals surface area (Å²) >= 11 is 0. The van der Waals surface area contributed by atoms with Gasteiger partial charge in [-0.05, 0) is 5.56 Å². The van der Waals surface area contributed by atoms with Crippen molar-refractivity contribution in [2.45, 2.75) is 18.9 Å². The number of hydrogen-bond donors (Lipinski definition) is 3. The Bertz CT molecular complexity index is 426. The van der Waals surface area contributed by atoms with Crippen LogP contribution in [-0.2, 0) is 11.2 Å². The molecule has 0 saturated heterocycles. The van der Waals surface area contributed by atoms with Gasteiger partial charge in [0.25, 0.3) is 6.43 Å². The number of alkyl halides is 2. The molecular weight excluding hydrogens is 258 g/mol. The highest BCUT2D eigenvalue weighted by atomic mass is 19.3. The van der Waals surface area contributed by atoms with Crippen LogP contribution < -0.4 is 10.6 Å². The number of carbonyl (C=O) groups is 2. The number of hydrogen-bond acceptors (Lipinski definition) is 2. The lowest BCUT2D eigenvalue weighted by atomic mass is 10.1. The molecule has 0 spiro atoms. The third-order valence-corrected chi connectivity index (χ3v) is 2.33. The lowest BCUT2D eigenvalue weighted by Crippen LogP contribution is -2.48. The highest BCUT2D eigenvalue weighted by molar-refractivity contribution is 5.85. The van der Waals surface area contributed by atoms with Crippen molar-refractivity contribution in [1.82, 2.24) is 10.6 Å². The van der Waals surface area contributed by atoms with E-state index < -0.39 is 31.0 Å². The SMILES string of the molecule is O=C(O)N[C@@H](Cc1ccccc1)C(=O)NCC(F)F. The van der Waals surface area contributed by atoms with Crippen molar-refractivity contribution in [2.24, 2.45) is 0 Å². The number of nitrogens with one attached hydrogen (secondary N) is 2. The van der Waals surface area contributed by atoms with E-state index >= 15 is 0 Å². The summed E-state index contributed by atoms with van der Waals surface area (Å²) in [5, 5.41) is 12.7. The zero-order valence-electron chi connectivity index (χ0n) is 9.98. The van der Waals surface area contributed by atoms with Crippen LogP contribution in [0, 0.1) is 0 Å². The fourth-order valence-electron chi connectivity index (χ4n) is 1.51. The molecule has 0 radical (unpaired) electrons. The molecular formula is C12H14F2N2O3. The van der Waals surface area contributed by atoms with Crippen molar-refractivity contribution in [3.63, 3.8) is 0 Å². The van der Waals surface area contributed by atoms with Crippen molar-refractivity contribution in [3.8, 4) is 0 Å². The highest BCUT2D eigenvalue weighted by Gasteiger charge is 2.21. The lowest BCUT2D eigenvalue weighted by molar-refractivity contribution is -0.123. The molecule has 104 valence electrons. The molecule has 19 heavy (non-hydrogen) atoms. The molecule has 7 heteroatoms. The van der Waals surface area contributed by atoms with E-state index in [2.05, 4.69) is 0 Å². The number of halogens is 2. The zero-order valence-corrected chi connectivity index (χ0v) is 9.98. The second-order valence-electron chi connectivity index (χ2n) is 3.83. The molecule has 0 aromatic heterocycles. The Labute approximate surface area is 108 Å². The van der Waals surface area contributed by atoms with Gasteiger partial charge in [-0.25, -0.2) is 13.6 Å². The van der Waals surface area contributed by atoms with Gasteiger partial charge in [-0.15, -0.1) is 0 Å². The Morgan fingerprint density at radius 3 is 2.37 bits per heavy atom. The molecule has 1 rings (SSSR count). The molecule has 2 amide bonds. The van der Waals surface area contributed by atoms with Gasteiger partial charge < -0.3 is 15.7 Å². The summed E-state index contributed by atoms with van der Waals surface area (Å²) in [5.41, 5.74) is 0.730. The molecule has 1 aromatic rings. The second kappa shape index (κ2) is 7.30. The highest BCUT2D eigenvalue weighted by Crippen LogP contribution is 2.03.